The SMILES string of the molecule is COC(=O)N[C@@H](C(=O)N1CCC[C@H]1c1ncc(-c2ccc([C@H]3CC[C@](C)(c4cnc([C@@H]5CCCN5C(=O)[C@H](NC(=O)OC)c5ccccc5)[nH]4)CC3)cc2)[nH]1)c1ccccc1. The summed E-state index contributed by atoms with van der Waals surface area (Å²) in [5.41, 5.74) is 5.62. The minimum Gasteiger partial charge on any atom is -0.453 e. The Hall–Kier alpha value is -6.44. The molecule has 14 nitrogen and oxygen atoms in total. The van der Waals surface area contributed by atoms with Gasteiger partial charge in [-0.3, -0.25) is 9.59 Å². The Labute approximate surface area is 355 Å². The number of carbonyl (C=O) groups excluding carboxylic acids is 4. The number of amides is 4. The third-order valence-corrected chi connectivity index (χ3v) is 13.0. The van der Waals surface area contributed by atoms with Gasteiger partial charge in [0.2, 0.25) is 0 Å². The highest BCUT2D eigenvalue weighted by Crippen LogP contribution is 2.45. The number of aromatic nitrogens is 4. The number of nitrogens with zero attached hydrogens (tertiary/aromatic N) is 4. The summed E-state index contributed by atoms with van der Waals surface area (Å²) >= 11 is 0. The van der Waals surface area contributed by atoms with E-state index < -0.39 is 24.3 Å². The molecule has 14 heteroatoms. The average Bonchev–Trinajstić information content (AvgIpc) is 4.15. The summed E-state index contributed by atoms with van der Waals surface area (Å²) in [5.74, 6) is 1.55. The Morgan fingerprint density at radius 3 is 1.67 bits per heavy atom. The summed E-state index contributed by atoms with van der Waals surface area (Å²) in [6.07, 6.45) is 9.75. The van der Waals surface area contributed by atoms with E-state index in [0.29, 0.717) is 30.1 Å². The van der Waals surface area contributed by atoms with Crippen molar-refractivity contribution < 1.29 is 28.7 Å². The van der Waals surface area contributed by atoms with Gasteiger partial charge in [-0.25, -0.2) is 19.6 Å². The smallest absolute Gasteiger partial charge is 0.407 e. The largest absolute Gasteiger partial charge is 0.453 e. The molecule has 1 aliphatic carbocycles. The van der Waals surface area contributed by atoms with Crippen molar-refractivity contribution in [1.82, 2.24) is 40.4 Å². The molecule has 4 amide bonds. The number of ether oxygens (including phenoxy) is 2. The van der Waals surface area contributed by atoms with E-state index in [1.165, 1.54) is 19.8 Å². The van der Waals surface area contributed by atoms with Gasteiger partial charge in [0, 0.05) is 30.4 Å². The lowest BCUT2D eigenvalue weighted by molar-refractivity contribution is -0.135. The first-order valence-electron chi connectivity index (χ1n) is 21.3. The monoisotopic (exact) mass is 826 g/mol. The van der Waals surface area contributed by atoms with Crippen molar-refractivity contribution in [3.8, 4) is 11.3 Å². The molecule has 61 heavy (non-hydrogen) atoms. The Morgan fingerprint density at radius 2 is 1.16 bits per heavy atom. The molecular formula is C47H54N8O6. The van der Waals surface area contributed by atoms with Crippen LogP contribution in [0.5, 0.6) is 0 Å². The molecule has 0 bridgehead atoms. The fourth-order valence-electron chi connectivity index (χ4n) is 9.44. The van der Waals surface area contributed by atoms with Gasteiger partial charge in [0.05, 0.1) is 38.2 Å². The molecule has 3 fully saturated rings. The molecule has 3 aromatic carbocycles. The topological polar surface area (TPSA) is 175 Å². The van der Waals surface area contributed by atoms with Crippen molar-refractivity contribution in [2.24, 2.45) is 0 Å². The van der Waals surface area contributed by atoms with Crippen molar-refractivity contribution in [2.45, 2.75) is 93.8 Å². The fourth-order valence-corrected chi connectivity index (χ4v) is 9.44. The van der Waals surface area contributed by atoms with Gasteiger partial charge >= 0.3 is 12.2 Å². The standard InChI is InChI=1S/C47H54N8O6/c1-47(38-29-49-42(51-38)37-17-11-27-55(37)44(57)40(53-46(59)61-3)34-14-8-5-9-15-34)24-22-31(23-25-47)30-18-20-32(21-19-30)35-28-48-41(50-35)36-16-10-26-54(36)43(56)39(52-45(58)60-2)33-12-6-4-7-13-33/h4-9,12-15,18-21,28-29,31,36-37,39-40H,10-11,16-17,22-27H2,1-3H3,(H,48,50)(H,49,51)(H,52,58)(H,53,59)/t31-,36-,37-,39+,40+,47-/m0/s1. The molecule has 4 atom stereocenters. The molecule has 2 aromatic heterocycles. The number of imidazole rings is 2. The first kappa shape index (κ1) is 41.3. The molecule has 0 radical (unpaired) electrons. The van der Waals surface area contributed by atoms with E-state index in [9.17, 15) is 19.2 Å². The lowest BCUT2D eigenvalue weighted by Gasteiger charge is -2.37. The molecule has 2 aliphatic heterocycles. The number of likely N-dealkylation sites (tertiary alicyclic amines) is 2. The van der Waals surface area contributed by atoms with E-state index >= 15 is 0 Å². The van der Waals surface area contributed by atoms with Crippen LogP contribution in [0.15, 0.2) is 97.3 Å². The van der Waals surface area contributed by atoms with Crippen LogP contribution < -0.4 is 10.6 Å². The summed E-state index contributed by atoms with van der Waals surface area (Å²) in [7, 11) is 2.58. The molecule has 3 aliphatic rings. The second-order valence-electron chi connectivity index (χ2n) is 16.7. The summed E-state index contributed by atoms with van der Waals surface area (Å²) < 4.78 is 9.70. The van der Waals surface area contributed by atoms with Crippen LogP contribution in [0.1, 0.15) is 122 Å². The lowest BCUT2D eigenvalue weighted by atomic mass is 9.68. The molecule has 2 saturated heterocycles. The van der Waals surface area contributed by atoms with Crippen molar-refractivity contribution in [3.63, 3.8) is 0 Å². The van der Waals surface area contributed by atoms with Gasteiger partial charge in [-0.15, -0.1) is 0 Å². The van der Waals surface area contributed by atoms with Gasteiger partial charge in [-0.05, 0) is 79.5 Å². The molecule has 5 aromatic rings. The first-order valence-corrected chi connectivity index (χ1v) is 21.3. The van der Waals surface area contributed by atoms with E-state index in [1.807, 2.05) is 78.0 Å². The third kappa shape index (κ3) is 8.75. The Bertz CT molecular complexity index is 2300. The summed E-state index contributed by atoms with van der Waals surface area (Å²) in [4.78, 5) is 72.8. The number of hydrogen-bond donors (Lipinski definition) is 4. The van der Waals surface area contributed by atoms with Crippen LogP contribution in [0.3, 0.4) is 0 Å². The molecular weight excluding hydrogens is 773 g/mol. The average molecular weight is 827 g/mol. The zero-order chi connectivity index (χ0) is 42.5. The van der Waals surface area contributed by atoms with Crippen LogP contribution in [0.25, 0.3) is 11.3 Å². The lowest BCUT2D eigenvalue weighted by Crippen LogP contribution is -2.42. The quantitative estimate of drug-likeness (QED) is 0.104. The first-order chi connectivity index (χ1) is 29.7. The van der Waals surface area contributed by atoms with Crippen molar-refractivity contribution in [2.75, 3.05) is 27.3 Å². The van der Waals surface area contributed by atoms with Gasteiger partial charge in [0.25, 0.3) is 11.8 Å². The molecule has 4 heterocycles. The van der Waals surface area contributed by atoms with Crippen LogP contribution in [-0.2, 0) is 24.5 Å². The zero-order valence-electron chi connectivity index (χ0n) is 34.9. The maximum absolute atomic E-state index is 14.0. The predicted octanol–water partition coefficient (Wildman–Crippen LogP) is 7.94. The van der Waals surface area contributed by atoms with E-state index in [1.54, 1.807) is 4.90 Å². The molecule has 4 N–H and O–H groups in total. The highest BCUT2D eigenvalue weighted by atomic mass is 16.5. The minimum atomic E-state index is -0.871. The van der Waals surface area contributed by atoms with Crippen LogP contribution in [0, 0.1) is 0 Å². The molecule has 1 saturated carbocycles. The van der Waals surface area contributed by atoms with Gasteiger partial charge in [-0.2, -0.15) is 0 Å². The van der Waals surface area contributed by atoms with Crippen molar-refractivity contribution in [3.05, 3.63) is 131 Å². The predicted molar refractivity (Wildman–Crippen MR) is 228 cm³/mol. The van der Waals surface area contributed by atoms with Crippen LogP contribution in [-0.4, -0.2) is 81.0 Å². The summed E-state index contributed by atoms with van der Waals surface area (Å²) in [6.45, 7) is 3.45. The van der Waals surface area contributed by atoms with E-state index in [2.05, 4.69) is 51.8 Å². The fraction of sp³-hybridized carbons (Fsp3) is 0.404. The second-order valence-corrected chi connectivity index (χ2v) is 16.7. The normalized spacial score (nSPS) is 22.3. The van der Waals surface area contributed by atoms with E-state index in [-0.39, 0.29) is 29.3 Å². The summed E-state index contributed by atoms with van der Waals surface area (Å²) in [6, 6.07) is 25.0. The number of carbonyl (C=O) groups is 4. The number of rotatable bonds is 11. The Balaban J connectivity index is 0.894. The summed E-state index contributed by atoms with van der Waals surface area (Å²) in [5, 5.41) is 5.47. The van der Waals surface area contributed by atoms with Crippen LogP contribution >= 0.6 is 0 Å². The van der Waals surface area contributed by atoms with Gasteiger partial charge in [0.1, 0.15) is 23.7 Å². The number of aromatic amines is 2. The van der Waals surface area contributed by atoms with Crippen molar-refractivity contribution in [1.29, 1.82) is 0 Å². The highest BCUT2D eigenvalue weighted by Gasteiger charge is 2.40. The van der Waals surface area contributed by atoms with Crippen LogP contribution in [0.2, 0.25) is 0 Å². The number of nitrogens with one attached hydrogen (secondary N) is 4. The highest BCUT2D eigenvalue weighted by molar-refractivity contribution is 5.88. The second kappa shape index (κ2) is 18.0. The number of methoxy groups -OCH3 is 2. The van der Waals surface area contributed by atoms with E-state index in [4.69, 9.17) is 19.4 Å². The molecule has 318 valence electrons. The van der Waals surface area contributed by atoms with Gasteiger partial charge in [0.15, 0.2) is 0 Å². The molecule has 0 spiro atoms. The number of hydrogen-bond acceptors (Lipinski definition) is 8. The van der Waals surface area contributed by atoms with Crippen molar-refractivity contribution >= 4 is 24.0 Å². The Kier molecular flexibility index (Phi) is 12.2. The van der Waals surface area contributed by atoms with Crippen LogP contribution in [0.4, 0.5) is 9.59 Å². The number of benzene rings is 3. The third-order valence-electron chi connectivity index (χ3n) is 13.0. The maximum Gasteiger partial charge on any atom is 0.407 e. The number of H-pyrrole nitrogens is 2. The molecule has 0 unspecified atom stereocenters. The minimum absolute atomic E-state index is 0.0769. The van der Waals surface area contributed by atoms with Gasteiger partial charge in [-0.1, -0.05) is 91.9 Å². The zero-order valence-corrected chi connectivity index (χ0v) is 34.9. The van der Waals surface area contributed by atoms with Gasteiger partial charge < -0.3 is 39.9 Å². The maximum atomic E-state index is 14.0. The van der Waals surface area contributed by atoms with E-state index in [0.717, 1.165) is 80.0 Å². The number of alkyl carbamates (subject to hydrolysis) is 2. The Morgan fingerprint density at radius 1 is 0.672 bits per heavy atom. The molecule has 8 rings (SSSR count).